The number of aromatic amines is 1. The fourth-order valence-corrected chi connectivity index (χ4v) is 2.13. The summed E-state index contributed by atoms with van der Waals surface area (Å²) in [6, 6.07) is 4.97. The number of alkyl halides is 3. The number of hydrogen-bond donors (Lipinski definition) is 3. The van der Waals surface area contributed by atoms with Gasteiger partial charge in [-0.1, -0.05) is 11.6 Å². The largest absolute Gasteiger partial charge is 0.416 e. The molecule has 2 rings (SSSR count). The molecule has 0 bridgehead atoms. The van der Waals surface area contributed by atoms with E-state index in [1.54, 1.807) is 0 Å². The molecule has 26 heavy (non-hydrogen) atoms. The quantitative estimate of drug-likeness (QED) is 0.687. The van der Waals surface area contributed by atoms with E-state index in [9.17, 15) is 27.6 Å². The second kappa shape index (κ2) is 8.05. The third-order valence-corrected chi connectivity index (χ3v) is 3.57. The van der Waals surface area contributed by atoms with Crippen molar-refractivity contribution in [3.05, 3.63) is 68.6 Å². The zero-order chi connectivity index (χ0) is 19.3. The molecule has 1 aromatic heterocycles. The van der Waals surface area contributed by atoms with E-state index in [4.69, 9.17) is 11.6 Å². The average molecular weight is 388 g/mol. The molecule has 138 valence electrons. The Morgan fingerprint density at radius 1 is 1.00 bits per heavy atom. The van der Waals surface area contributed by atoms with Crippen molar-refractivity contribution in [1.29, 1.82) is 0 Å². The van der Waals surface area contributed by atoms with Gasteiger partial charge in [-0.15, -0.1) is 0 Å². The molecular formula is C16H13ClF3N3O3. The van der Waals surface area contributed by atoms with Crippen LogP contribution in [0.2, 0.25) is 5.02 Å². The summed E-state index contributed by atoms with van der Waals surface area (Å²) in [6.07, 6.45) is -3.27. The van der Waals surface area contributed by atoms with Crippen LogP contribution in [-0.2, 0) is 6.18 Å². The summed E-state index contributed by atoms with van der Waals surface area (Å²) in [6.45, 7) is 0.130. The molecule has 0 saturated carbocycles. The minimum Gasteiger partial charge on any atom is -0.350 e. The van der Waals surface area contributed by atoms with Crippen LogP contribution in [0.15, 0.2) is 41.3 Å². The molecule has 10 heteroatoms. The lowest BCUT2D eigenvalue weighted by atomic mass is 10.1. The molecule has 6 nitrogen and oxygen atoms in total. The van der Waals surface area contributed by atoms with Gasteiger partial charge in [-0.25, -0.2) is 0 Å². The van der Waals surface area contributed by atoms with Crippen LogP contribution in [0, 0.1) is 0 Å². The van der Waals surface area contributed by atoms with Crippen molar-refractivity contribution in [1.82, 2.24) is 15.6 Å². The van der Waals surface area contributed by atoms with E-state index in [0.29, 0.717) is 0 Å². The van der Waals surface area contributed by atoms with Gasteiger partial charge >= 0.3 is 6.18 Å². The molecule has 0 saturated heterocycles. The molecule has 0 aliphatic rings. The lowest BCUT2D eigenvalue weighted by Crippen LogP contribution is -2.34. The number of hydrogen-bond acceptors (Lipinski definition) is 3. The Hall–Kier alpha value is -2.81. The molecule has 2 amide bonds. The Morgan fingerprint density at radius 2 is 1.54 bits per heavy atom. The number of carbonyl (C=O) groups excluding carboxylic acids is 2. The average Bonchev–Trinajstić information content (AvgIpc) is 2.60. The first-order chi connectivity index (χ1) is 12.2. The SMILES string of the molecule is O=C(NCCNC(=O)c1c[nH]c(=O)c(Cl)c1)c1ccc(C(F)(F)F)cc1. The highest BCUT2D eigenvalue weighted by Gasteiger charge is 2.30. The van der Waals surface area contributed by atoms with Gasteiger partial charge < -0.3 is 15.6 Å². The summed E-state index contributed by atoms with van der Waals surface area (Å²) in [4.78, 5) is 37.1. The van der Waals surface area contributed by atoms with E-state index in [-0.39, 0.29) is 29.2 Å². The third-order valence-electron chi connectivity index (χ3n) is 3.29. The van der Waals surface area contributed by atoms with Gasteiger partial charge in [0.25, 0.3) is 17.4 Å². The molecule has 0 radical (unpaired) electrons. The lowest BCUT2D eigenvalue weighted by molar-refractivity contribution is -0.137. The Morgan fingerprint density at radius 3 is 2.04 bits per heavy atom. The van der Waals surface area contributed by atoms with Gasteiger partial charge in [0.05, 0.1) is 11.1 Å². The highest BCUT2D eigenvalue weighted by molar-refractivity contribution is 6.30. The van der Waals surface area contributed by atoms with Crippen LogP contribution >= 0.6 is 11.6 Å². The molecular weight excluding hydrogens is 375 g/mol. The fourth-order valence-electron chi connectivity index (χ4n) is 1.95. The first kappa shape index (κ1) is 19.5. The van der Waals surface area contributed by atoms with E-state index >= 15 is 0 Å². The molecule has 0 fully saturated rings. The van der Waals surface area contributed by atoms with Crippen molar-refractivity contribution in [3.8, 4) is 0 Å². The van der Waals surface area contributed by atoms with Gasteiger partial charge in [-0.3, -0.25) is 14.4 Å². The zero-order valence-corrected chi connectivity index (χ0v) is 13.9. The summed E-state index contributed by atoms with van der Waals surface area (Å²) in [5, 5.41) is 4.83. The van der Waals surface area contributed by atoms with Crippen LogP contribution in [0.3, 0.4) is 0 Å². The predicted octanol–water partition coefficient (Wildman–Crippen LogP) is 2.21. The minimum atomic E-state index is -4.47. The van der Waals surface area contributed by atoms with E-state index in [1.807, 2.05) is 0 Å². The Kier molecular flexibility index (Phi) is 6.04. The fraction of sp³-hybridized carbons (Fsp3) is 0.188. The van der Waals surface area contributed by atoms with Crippen molar-refractivity contribution in [2.75, 3.05) is 13.1 Å². The van der Waals surface area contributed by atoms with Crippen LogP contribution in [0.1, 0.15) is 26.3 Å². The Labute approximate surface area is 150 Å². The monoisotopic (exact) mass is 387 g/mol. The number of aromatic nitrogens is 1. The number of benzene rings is 1. The van der Waals surface area contributed by atoms with Crippen molar-refractivity contribution in [3.63, 3.8) is 0 Å². The molecule has 0 spiro atoms. The van der Waals surface area contributed by atoms with Crippen molar-refractivity contribution in [2.24, 2.45) is 0 Å². The van der Waals surface area contributed by atoms with Crippen LogP contribution in [0.5, 0.6) is 0 Å². The summed E-state index contributed by atoms with van der Waals surface area (Å²) in [7, 11) is 0. The molecule has 0 atom stereocenters. The normalized spacial score (nSPS) is 11.1. The van der Waals surface area contributed by atoms with E-state index < -0.39 is 29.1 Å². The van der Waals surface area contributed by atoms with Gasteiger partial charge in [-0.05, 0) is 30.3 Å². The van der Waals surface area contributed by atoms with Crippen molar-refractivity contribution >= 4 is 23.4 Å². The van der Waals surface area contributed by atoms with E-state index in [2.05, 4.69) is 15.6 Å². The van der Waals surface area contributed by atoms with Crippen LogP contribution < -0.4 is 16.2 Å². The first-order valence-corrected chi connectivity index (χ1v) is 7.68. The van der Waals surface area contributed by atoms with Crippen molar-refractivity contribution < 1.29 is 22.8 Å². The van der Waals surface area contributed by atoms with Crippen LogP contribution in [-0.4, -0.2) is 29.9 Å². The number of H-pyrrole nitrogens is 1. The summed E-state index contributed by atoms with van der Waals surface area (Å²) in [5.41, 5.74) is -1.16. The lowest BCUT2D eigenvalue weighted by Gasteiger charge is -2.09. The number of rotatable bonds is 5. The van der Waals surface area contributed by atoms with Crippen LogP contribution in [0.25, 0.3) is 0 Å². The van der Waals surface area contributed by atoms with Crippen molar-refractivity contribution in [2.45, 2.75) is 6.18 Å². The number of halogens is 4. The summed E-state index contributed by atoms with van der Waals surface area (Å²) < 4.78 is 37.4. The standard InChI is InChI=1S/C16H13ClF3N3O3/c17-12-7-10(8-23-15(12)26)14(25)22-6-5-21-13(24)9-1-3-11(4-2-9)16(18,19)20/h1-4,7-8H,5-6H2,(H,21,24)(H,22,25)(H,23,26). The van der Waals surface area contributed by atoms with E-state index in [1.165, 1.54) is 12.3 Å². The topological polar surface area (TPSA) is 91.1 Å². The number of carbonyl (C=O) groups is 2. The van der Waals surface area contributed by atoms with Gasteiger partial charge in [-0.2, -0.15) is 13.2 Å². The summed E-state index contributed by atoms with van der Waals surface area (Å²) >= 11 is 5.62. The number of amides is 2. The highest BCUT2D eigenvalue weighted by atomic mass is 35.5. The smallest absolute Gasteiger partial charge is 0.350 e. The minimum absolute atomic E-state index is 0.0582. The number of pyridine rings is 1. The zero-order valence-electron chi connectivity index (χ0n) is 13.1. The molecule has 0 aliphatic heterocycles. The molecule has 0 unspecified atom stereocenters. The Bertz CT molecular complexity index is 864. The predicted molar refractivity (Wildman–Crippen MR) is 88.2 cm³/mol. The molecule has 3 N–H and O–H groups in total. The van der Waals surface area contributed by atoms with Gasteiger partial charge in [0.1, 0.15) is 5.02 Å². The summed E-state index contributed by atoms with van der Waals surface area (Å²) in [5.74, 6) is -1.08. The molecule has 0 aliphatic carbocycles. The van der Waals surface area contributed by atoms with Gasteiger partial charge in [0.2, 0.25) is 0 Å². The maximum atomic E-state index is 12.5. The maximum Gasteiger partial charge on any atom is 0.416 e. The maximum absolute atomic E-state index is 12.5. The first-order valence-electron chi connectivity index (χ1n) is 7.30. The molecule has 1 heterocycles. The molecule has 2 aromatic rings. The van der Waals surface area contributed by atoms with Gasteiger partial charge in [0.15, 0.2) is 0 Å². The number of nitrogens with one attached hydrogen (secondary N) is 3. The van der Waals surface area contributed by atoms with Gasteiger partial charge in [0, 0.05) is 24.8 Å². The highest BCUT2D eigenvalue weighted by Crippen LogP contribution is 2.29. The third kappa shape index (κ3) is 5.09. The second-order valence-corrected chi connectivity index (χ2v) is 5.56. The Balaban J connectivity index is 1.82. The molecule has 1 aromatic carbocycles. The van der Waals surface area contributed by atoms with E-state index in [0.717, 1.165) is 24.3 Å². The van der Waals surface area contributed by atoms with Crippen LogP contribution in [0.4, 0.5) is 13.2 Å². The second-order valence-electron chi connectivity index (χ2n) is 5.15.